The van der Waals surface area contributed by atoms with E-state index in [1.54, 1.807) is 0 Å². The lowest BCUT2D eigenvalue weighted by molar-refractivity contribution is 0.310. The third kappa shape index (κ3) is 16.2. The molecule has 1 aliphatic rings. The molecule has 0 radical (unpaired) electrons. The predicted molar refractivity (Wildman–Crippen MR) is 94.9 cm³/mol. The van der Waals surface area contributed by atoms with E-state index >= 15 is 0 Å². The summed E-state index contributed by atoms with van der Waals surface area (Å²) in [6, 6.07) is 0. The Balaban J connectivity index is 0.000000763. The van der Waals surface area contributed by atoms with Gasteiger partial charge in [-0.05, 0) is 38.3 Å². The highest BCUT2D eigenvalue weighted by Gasteiger charge is 2.20. The minimum atomic E-state index is -3.67. The Morgan fingerprint density at radius 1 is 1.00 bits per heavy atom. The predicted octanol–water partition coefficient (Wildman–Crippen LogP) is 4.36. The van der Waals surface area contributed by atoms with Crippen LogP contribution >= 0.6 is 0 Å². The number of nitrogens with zero attached hydrogens (tertiary/aromatic N) is 1. The maximum absolute atomic E-state index is 9.19. The van der Waals surface area contributed by atoms with Gasteiger partial charge in [0.25, 0.3) is 10.1 Å². The van der Waals surface area contributed by atoms with Crippen LogP contribution in [0.25, 0.3) is 0 Å². The number of hydrogen-bond acceptors (Lipinski definition) is 3. The van der Waals surface area contributed by atoms with E-state index in [1.165, 1.54) is 83.8 Å². The lowest BCUT2D eigenvalue weighted by Crippen LogP contribution is -2.21. The molecule has 1 N–H and O–H groups in total. The minimum Gasteiger partial charge on any atom is -0.303 e. The molecule has 0 aromatic heterocycles. The van der Waals surface area contributed by atoms with Crippen molar-refractivity contribution in [2.75, 3.05) is 25.9 Å². The molecule has 0 aromatic rings. The van der Waals surface area contributed by atoms with Crippen LogP contribution in [0.3, 0.4) is 0 Å². The van der Waals surface area contributed by atoms with Gasteiger partial charge in [-0.3, -0.25) is 4.55 Å². The molecular weight excluding hydrogens is 298 g/mol. The van der Waals surface area contributed by atoms with Crippen LogP contribution in [-0.2, 0) is 10.1 Å². The summed E-state index contributed by atoms with van der Waals surface area (Å²) in [5.41, 5.74) is 0. The van der Waals surface area contributed by atoms with E-state index < -0.39 is 10.1 Å². The monoisotopic (exact) mass is 335 g/mol. The molecular formula is C17H37NO3S. The van der Waals surface area contributed by atoms with E-state index in [0.717, 1.165) is 5.92 Å². The van der Waals surface area contributed by atoms with E-state index in [9.17, 15) is 8.42 Å². The first-order valence-corrected chi connectivity index (χ1v) is 10.9. The SMILES string of the molecule is CCCCCCCCN1CCC(CCCC)C1.CS(=O)(=O)O. The van der Waals surface area contributed by atoms with E-state index in [1.807, 2.05) is 0 Å². The Kier molecular flexibility index (Phi) is 13.2. The molecule has 1 unspecified atom stereocenters. The topological polar surface area (TPSA) is 57.6 Å². The summed E-state index contributed by atoms with van der Waals surface area (Å²) in [7, 11) is -3.67. The third-order valence-corrected chi connectivity index (χ3v) is 4.16. The Morgan fingerprint density at radius 3 is 2.14 bits per heavy atom. The van der Waals surface area contributed by atoms with Gasteiger partial charge in [-0.1, -0.05) is 58.8 Å². The first-order valence-electron chi connectivity index (χ1n) is 9.01. The van der Waals surface area contributed by atoms with Crippen molar-refractivity contribution >= 4 is 10.1 Å². The first kappa shape index (κ1) is 21.9. The molecule has 1 rings (SSSR count). The third-order valence-electron chi connectivity index (χ3n) is 4.16. The Morgan fingerprint density at radius 2 is 1.55 bits per heavy atom. The normalized spacial score (nSPS) is 19.0. The maximum Gasteiger partial charge on any atom is 0.261 e. The van der Waals surface area contributed by atoms with E-state index in [-0.39, 0.29) is 0 Å². The molecule has 0 spiro atoms. The Labute approximate surface area is 138 Å². The summed E-state index contributed by atoms with van der Waals surface area (Å²) in [5.74, 6) is 1.02. The summed E-state index contributed by atoms with van der Waals surface area (Å²) >= 11 is 0. The molecule has 1 aliphatic heterocycles. The summed E-state index contributed by atoms with van der Waals surface area (Å²) in [4.78, 5) is 2.71. The molecule has 1 heterocycles. The second kappa shape index (κ2) is 13.3. The molecule has 134 valence electrons. The van der Waals surface area contributed by atoms with Crippen molar-refractivity contribution in [2.45, 2.75) is 78.1 Å². The van der Waals surface area contributed by atoms with Gasteiger partial charge in [0.15, 0.2) is 0 Å². The fourth-order valence-corrected chi connectivity index (χ4v) is 2.96. The molecule has 0 aliphatic carbocycles. The van der Waals surface area contributed by atoms with Gasteiger partial charge in [-0.25, -0.2) is 0 Å². The molecule has 5 heteroatoms. The Bertz CT molecular complexity index is 336. The number of likely N-dealkylation sites (tertiary alicyclic amines) is 1. The van der Waals surface area contributed by atoms with Crippen molar-refractivity contribution < 1.29 is 13.0 Å². The lowest BCUT2D eigenvalue weighted by Gasteiger charge is -2.15. The van der Waals surface area contributed by atoms with Gasteiger partial charge >= 0.3 is 0 Å². The van der Waals surface area contributed by atoms with Crippen molar-refractivity contribution in [1.82, 2.24) is 4.90 Å². The van der Waals surface area contributed by atoms with Gasteiger partial charge in [0.1, 0.15) is 0 Å². The quantitative estimate of drug-likeness (QED) is 0.476. The van der Waals surface area contributed by atoms with Crippen LogP contribution in [-0.4, -0.2) is 43.8 Å². The van der Waals surface area contributed by atoms with Crippen LogP contribution in [0.15, 0.2) is 0 Å². The molecule has 0 amide bonds. The van der Waals surface area contributed by atoms with E-state index in [2.05, 4.69) is 18.7 Å². The molecule has 0 aromatic carbocycles. The van der Waals surface area contributed by atoms with Gasteiger partial charge in [0.2, 0.25) is 0 Å². The molecule has 22 heavy (non-hydrogen) atoms. The second-order valence-electron chi connectivity index (χ2n) is 6.60. The maximum atomic E-state index is 9.19. The highest BCUT2D eigenvalue weighted by atomic mass is 32.2. The van der Waals surface area contributed by atoms with Crippen LogP contribution in [0.1, 0.15) is 78.1 Å². The largest absolute Gasteiger partial charge is 0.303 e. The summed E-state index contributed by atoms with van der Waals surface area (Å²) in [6.07, 6.45) is 15.1. The van der Waals surface area contributed by atoms with Crippen LogP contribution in [0, 0.1) is 5.92 Å². The molecule has 0 bridgehead atoms. The number of hydrogen-bond donors (Lipinski definition) is 1. The van der Waals surface area contributed by atoms with Crippen molar-refractivity contribution in [1.29, 1.82) is 0 Å². The van der Waals surface area contributed by atoms with Gasteiger partial charge in [0, 0.05) is 6.54 Å². The zero-order valence-electron chi connectivity index (χ0n) is 14.9. The van der Waals surface area contributed by atoms with Crippen LogP contribution in [0.4, 0.5) is 0 Å². The zero-order chi connectivity index (χ0) is 16.8. The zero-order valence-corrected chi connectivity index (χ0v) is 15.7. The average Bonchev–Trinajstić information content (AvgIpc) is 2.86. The standard InChI is InChI=1S/C16H33N.CH4O3S/c1-3-5-7-8-9-10-13-17-14-12-16(15-17)11-6-4-2;1-5(2,3)4/h16H,3-15H2,1-2H3;1H3,(H,2,3,4). The Hall–Kier alpha value is -0.130. The molecule has 1 atom stereocenters. The summed E-state index contributed by atoms with van der Waals surface area (Å²) < 4.78 is 25.9. The molecule has 4 nitrogen and oxygen atoms in total. The van der Waals surface area contributed by atoms with Crippen molar-refractivity contribution in [3.8, 4) is 0 Å². The van der Waals surface area contributed by atoms with Crippen molar-refractivity contribution in [3.05, 3.63) is 0 Å². The minimum absolute atomic E-state index is 0.715. The molecule has 1 saturated heterocycles. The van der Waals surface area contributed by atoms with Gasteiger partial charge in [-0.2, -0.15) is 8.42 Å². The van der Waals surface area contributed by atoms with Crippen LogP contribution in [0.2, 0.25) is 0 Å². The van der Waals surface area contributed by atoms with E-state index in [0.29, 0.717) is 6.26 Å². The number of rotatable bonds is 10. The van der Waals surface area contributed by atoms with Gasteiger partial charge in [0.05, 0.1) is 6.26 Å². The fraction of sp³-hybridized carbons (Fsp3) is 1.00. The highest BCUT2D eigenvalue weighted by Crippen LogP contribution is 2.22. The van der Waals surface area contributed by atoms with E-state index in [4.69, 9.17) is 4.55 Å². The summed E-state index contributed by atoms with van der Waals surface area (Å²) in [6.45, 7) is 8.75. The van der Waals surface area contributed by atoms with Crippen molar-refractivity contribution in [2.24, 2.45) is 5.92 Å². The van der Waals surface area contributed by atoms with Gasteiger partial charge in [-0.15, -0.1) is 0 Å². The smallest absolute Gasteiger partial charge is 0.261 e. The lowest BCUT2D eigenvalue weighted by atomic mass is 10.0. The molecule has 1 fully saturated rings. The van der Waals surface area contributed by atoms with Crippen LogP contribution in [0.5, 0.6) is 0 Å². The fourth-order valence-electron chi connectivity index (χ4n) is 2.96. The first-order chi connectivity index (χ1) is 10.4. The summed E-state index contributed by atoms with van der Waals surface area (Å²) in [5, 5.41) is 0. The average molecular weight is 336 g/mol. The second-order valence-corrected chi connectivity index (χ2v) is 8.06. The van der Waals surface area contributed by atoms with Gasteiger partial charge < -0.3 is 4.90 Å². The highest BCUT2D eigenvalue weighted by molar-refractivity contribution is 7.85. The van der Waals surface area contributed by atoms with Crippen LogP contribution < -0.4 is 0 Å². The van der Waals surface area contributed by atoms with Crippen molar-refractivity contribution in [3.63, 3.8) is 0 Å². The number of unbranched alkanes of at least 4 members (excludes halogenated alkanes) is 6. The molecule has 0 saturated carbocycles.